The Kier molecular flexibility index (Phi) is 5.29. The van der Waals surface area contributed by atoms with E-state index >= 15 is 0 Å². The molecule has 0 unspecified atom stereocenters. The Morgan fingerprint density at radius 2 is 2.05 bits per heavy atom. The lowest BCUT2D eigenvalue weighted by Crippen LogP contribution is -2.17. The second kappa shape index (κ2) is 7.40. The first kappa shape index (κ1) is 15.0. The minimum Gasteiger partial charge on any atom is -0.386 e. The second-order valence-corrected chi connectivity index (χ2v) is 4.50. The Morgan fingerprint density at radius 3 is 2.76 bits per heavy atom. The maximum absolute atomic E-state index is 13.0. The first-order chi connectivity index (χ1) is 10.1. The molecule has 2 aromatic rings. The summed E-state index contributed by atoms with van der Waals surface area (Å²) >= 11 is 5.61. The number of anilines is 1. The minimum absolute atomic E-state index is 0.0594. The minimum atomic E-state index is -0.543. The number of rotatable bonds is 5. The molecule has 1 amide bonds. The van der Waals surface area contributed by atoms with Crippen molar-refractivity contribution in [2.24, 2.45) is 5.16 Å². The summed E-state index contributed by atoms with van der Waals surface area (Å²) in [7, 11) is 0. The van der Waals surface area contributed by atoms with Gasteiger partial charge in [-0.25, -0.2) is 4.39 Å². The zero-order chi connectivity index (χ0) is 15.1. The van der Waals surface area contributed by atoms with Crippen LogP contribution < -0.4 is 5.32 Å². The highest BCUT2D eigenvalue weighted by molar-refractivity contribution is 6.31. The maximum Gasteiger partial charge on any atom is 0.265 e. The van der Waals surface area contributed by atoms with Gasteiger partial charge in [-0.2, -0.15) is 0 Å². The van der Waals surface area contributed by atoms with Crippen LogP contribution in [-0.4, -0.2) is 18.7 Å². The summed E-state index contributed by atoms with van der Waals surface area (Å²) in [5, 5.41) is 6.14. The second-order valence-electron chi connectivity index (χ2n) is 4.10. The molecule has 0 saturated carbocycles. The van der Waals surface area contributed by atoms with Gasteiger partial charge in [0, 0.05) is 5.69 Å². The van der Waals surface area contributed by atoms with Gasteiger partial charge in [0.15, 0.2) is 6.61 Å². The van der Waals surface area contributed by atoms with Gasteiger partial charge in [0.05, 0.1) is 11.2 Å². The molecule has 2 aromatic carbocycles. The molecule has 0 aliphatic carbocycles. The summed E-state index contributed by atoms with van der Waals surface area (Å²) in [5.41, 5.74) is 1.25. The topological polar surface area (TPSA) is 50.7 Å². The fourth-order valence-corrected chi connectivity index (χ4v) is 1.68. The van der Waals surface area contributed by atoms with Crippen molar-refractivity contribution in [1.29, 1.82) is 0 Å². The lowest BCUT2D eigenvalue weighted by Gasteiger charge is -2.05. The molecule has 0 aliphatic heterocycles. The third-order valence-corrected chi connectivity index (χ3v) is 2.76. The van der Waals surface area contributed by atoms with Gasteiger partial charge in [0.25, 0.3) is 5.91 Å². The monoisotopic (exact) mass is 306 g/mol. The van der Waals surface area contributed by atoms with Gasteiger partial charge in [-0.15, -0.1) is 0 Å². The molecule has 0 saturated heterocycles. The average molecular weight is 307 g/mol. The molecule has 21 heavy (non-hydrogen) atoms. The van der Waals surface area contributed by atoms with E-state index in [9.17, 15) is 9.18 Å². The predicted molar refractivity (Wildman–Crippen MR) is 80.0 cm³/mol. The van der Waals surface area contributed by atoms with Crippen LogP contribution in [0.5, 0.6) is 0 Å². The van der Waals surface area contributed by atoms with Gasteiger partial charge in [-0.3, -0.25) is 4.79 Å². The van der Waals surface area contributed by atoms with Crippen molar-refractivity contribution >= 4 is 29.4 Å². The molecule has 0 heterocycles. The Balaban J connectivity index is 1.79. The summed E-state index contributed by atoms with van der Waals surface area (Å²) in [6.45, 7) is -0.252. The maximum atomic E-state index is 13.0. The molecule has 1 N–H and O–H groups in total. The smallest absolute Gasteiger partial charge is 0.265 e. The normalized spacial score (nSPS) is 10.6. The largest absolute Gasteiger partial charge is 0.386 e. The summed E-state index contributed by atoms with van der Waals surface area (Å²) in [5.74, 6) is -0.957. The number of oxime groups is 1. The van der Waals surface area contributed by atoms with Crippen molar-refractivity contribution in [3.63, 3.8) is 0 Å². The van der Waals surface area contributed by atoms with Crippen LogP contribution in [0, 0.1) is 5.82 Å². The van der Waals surface area contributed by atoms with E-state index in [-0.39, 0.29) is 11.6 Å². The van der Waals surface area contributed by atoms with Crippen LogP contribution in [0.4, 0.5) is 10.1 Å². The van der Waals surface area contributed by atoms with Gasteiger partial charge in [-0.1, -0.05) is 47.1 Å². The van der Waals surface area contributed by atoms with E-state index in [4.69, 9.17) is 16.4 Å². The number of hydrogen-bond acceptors (Lipinski definition) is 3. The van der Waals surface area contributed by atoms with Gasteiger partial charge in [-0.05, 0) is 23.8 Å². The number of hydrogen-bond donors (Lipinski definition) is 1. The fraction of sp³-hybridized carbons (Fsp3) is 0.0667. The van der Waals surface area contributed by atoms with Gasteiger partial charge in [0.2, 0.25) is 0 Å². The predicted octanol–water partition coefficient (Wildman–Crippen LogP) is 3.47. The van der Waals surface area contributed by atoms with Gasteiger partial charge < -0.3 is 10.2 Å². The summed E-state index contributed by atoms with van der Waals surface area (Å²) in [6, 6.07) is 13.2. The molecule has 0 aliphatic rings. The number of amides is 1. The van der Waals surface area contributed by atoms with Crippen molar-refractivity contribution in [2.75, 3.05) is 11.9 Å². The van der Waals surface area contributed by atoms with Crippen LogP contribution in [0.3, 0.4) is 0 Å². The molecule has 2 rings (SSSR count). The highest BCUT2D eigenvalue weighted by Crippen LogP contribution is 2.19. The molecule has 0 aromatic heterocycles. The Labute approximate surface area is 126 Å². The lowest BCUT2D eigenvalue weighted by atomic mass is 10.2. The third-order valence-electron chi connectivity index (χ3n) is 2.47. The van der Waals surface area contributed by atoms with Crippen LogP contribution in [-0.2, 0) is 9.63 Å². The van der Waals surface area contributed by atoms with Crippen LogP contribution in [0.15, 0.2) is 53.7 Å². The number of halogens is 2. The number of carbonyl (C=O) groups is 1. The van der Waals surface area contributed by atoms with Crippen molar-refractivity contribution < 1.29 is 14.0 Å². The molecule has 0 spiro atoms. The van der Waals surface area contributed by atoms with E-state index in [0.717, 1.165) is 5.56 Å². The van der Waals surface area contributed by atoms with Crippen molar-refractivity contribution in [3.05, 3.63) is 64.9 Å². The lowest BCUT2D eigenvalue weighted by molar-refractivity contribution is -0.120. The summed E-state index contributed by atoms with van der Waals surface area (Å²) in [4.78, 5) is 16.4. The highest BCUT2D eigenvalue weighted by Gasteiger charge is 2.05. The SMILES string of the molecule is O=C(CO/N=C\c1ccccc1)Nc1ccc(F)c(Cl)c1. The third kappa shape index (κ3) is 4.89. The quantitative estimate of drug-likeness (QED) is 0.679. The van der Waals surface area contributed by atoms with Crippen molar-refractivity contribution in [3.8, 4) is 0 Å². The number of nitrogens with zero attached hydrogens (tertiary/aromatic N) is 1. The number of benzene rings is 2. The first-order valence-electron chi connectivity index (χ1n) is 6.10. The molecule has 0 radical (unpaired) electrons. The van der Waals surface area contributed by atoms with Crippen LogP contribution in [0.25, 0.3) is 0 Å². The molecule has 0 atom stereocenters. The zero-order valence-corrected chi connectivity index (χ0v) is 11.7. The first-order valence-corrected chi connectivity index (χ1v) is 6.48. The van der Waals surface area contributed by atoms with Gasteiger partial charge in [0.1, 0.15) is 5.82 Å². The highest BCUT2D eigenvalue weighted by atomic mass is 35.5. The van der Waals surface area contributed by atoms with E-state index < -0.39 is 11.7 Å². The molecule has 4 nitrogen and oxygen atoms in total. The van der Waals surface area contributed by atoms with Crippen molar-refractivity contribution in [1.82, 2.24) is 0 Å². The molecular formula is C15H12ClFN2O2. The number of nitrogens with one attached hydrogen (secondary N) is 1. The fourth-order valence-electron chi connectivity index (χ4n) is 1.50. The van der Waals surface area contributed by atoms with E-state index in [1.807, 2.05) is 30.3 Å². The van der Waals surface area contributed by atoms with E-state index in [1.165, 1.54) is 24.4 Å². The van der Waals surface area contributed by atoms with E-state index in [1.54, 1.807) is 0 Å². The Morgan fingerprint density at radius 1 is 1.29 bits per heavy atom. The van der Waals surface area contributed by atoms with E-state index in [0.29, 0.717) is 5.69 Å². The molecule has 6 heteroatoms. The van der Waals surface area contributed by atoms with Crippen LogP contribution in [0.2, 0.25) is 5.02 Å². The summed E-state index contributed by atoms with van der Waals surface area (Å²) < 4.78 is 13.0. The van der Waals surface area contributed by atoms with Crippen LogP contribution >= 0.6 is 11.6 Å². The average Bonchev–Trinajstić information content (AvgIpc) is 2.49. The molecule has 0 bridgehead atoms. The molecule has 108 valence electrons. The number of carbonyl (C=O) groups excluding carboxylic acids is 1. The summed E-state index contributed by atoms with van der Waals surface area (Å²) in [6.07, 6.45) is 1.50. The van der Waals surface area contributed by atoms with Crippen molar-refractivity contribution in [2.45, 2.75) is 0 Å². The molecule has 0 fully saturated rings. The zero-order valence-electron chi connectivity index (χ0n) is 10.9. The van der Waals surface area contributed by atoms with Gasteiger partial charge >= 0.3 is 0 Å². The standard InChI is InChI=1S/C15H12ClFN2O2/c16-13-8-12(6-7-14(13)17)19-15(20)10-21-18-9-11-4-2-1-3-5-11/h1-9H,10H2,(H,19,20)/b18-9-. The Bertz CT molecular complexity index is 647. The molecular weight excluding hydrogens is 295 g/mol. The Hall–Kier alpha value is -2.40. The van der Waals surface area contributed by atoms with E-state index in [2.05, 4.69) is 10.5 Å². The van der Waals surface area contributed by atoms with Crippen LogP contribution in [0.1, 0.15) is 5.56 Å².